The molecule has 0 unspecified atom stereocenters. The summed E-state index contributed by atoms with van der Waals surface area (Å²) in [7, 11) is -3.45. The van der Waals surface area contributed by atoms with Gasteiger partial charge in [0.15, 0.2) is 0 Å². The van der Waals surface area contributed by atoms with Crippen molar-refractivity contribution >= 4 is 27.0 Å². The second-order valence-corrected chi connectivity index (χ2v) is 7.47. The van der Waals surface area contributed by atoms with Gasteiger partial charge in [0.2, 0.25) is 0 Å². The highest BCUT2D eigenvalue weighted by Crippen LogP contribution is 2.24. The number of anilines is 1. The molecule has 0 atom stereocenters. The van der Waals surface area contributed by atoms with Crippen molar-refractivity contribution < 1.29 is 8.42 Å². The molecule has 96 valence electrons. The number of sulfonamides is 1. The van der Waals surface area contributed by atoms with E-state index >= 15 is 0 Å². The number of rotatable bonds is 3. The first kappa shape index (κ1) is 13.1. The summed E-state index contributed by atoms with van der Waals surface area (Å²) in [5.74, 6) is 0. The number of nitrogens with one attached hydrogen (secondary N) is 1. The third kappa shape index (κ3) is 2.73. The van der Waals surface area contributed by atoms with Gasteiger partial charge in [0.05, 0.1) is 0 Å². The lowest BCUT2D eigenvalue weighted by atomic mass is 10.1. The normalized spacial score (nSPS) is 11.5. The molecular weight excluding hydrogens is 266 g/mol. The number of aryl methyl sites for hydroxylation is 3. The molecular formula is C13H15NO2S2. The van der Waals surface area contributed by atoms with Crippen LogP contribution in [0.2, 0.25) is 0 Å². The van der Waals surface area contributed by atoms with E-state index in [1.807, 2.05) is 32.9 Å². The van der Waals surface area contributed by atoms with Gasteiger partial charge in [0.25, 0.3) is 10.0 Å². The molecule has 2 aromatic rings. The van der Waals surface area contributed by atoms with Crippen LogP contribution in [0.3, 0.4) is 0 Å². The molecule has 2 rings (SSSR count). The van der Waals surface area contributed by atoms with Crippen molar-refractivity contribution in [2.45, 2.75) is 25.0 Å². The highest BCUT2D eigenvalue weighted by Gasteiger charge is 2.16. The Labute approximate surface area is 112 Å². The van der Waals surface area contributed by atoms with Gasteiger partial charge in [0, 0.05) is 10.6 Å². The Morgan fingerprint density at radius 3 is 2.28 bits per heavy atom. The summed E-state index contributed by atoms with van der Waals surface area (Å²) < 4.78 is 27.2. The Morgan fingerprint density at radius 2 is 1.72 bits per heavy atom. The van der Waals surface area contributed by atoms with Crippen molar-refractivity contribution in [3.05, 3.63) is 46.3 Å². The minimum Gasteiger partial charge on any atom is -0.279 e. The summed E-state index contributed by atoms with van der Waals surface area (Å²) in [6.45, 7) is 5.85. The van der Waals surface area contributed by atoms with E-state index < -0.39 is 10.0 Å². The summed E-state index contributed by atoms with van der Waals surface area (Å²) >= 11 is 1.27. The van der Waals surface area contributed by atoms with Crippen LogP contribution in [0.5, 0.6) is 0 Å². The van der Waals surface area contributed by atoms with E-state index in [0.29, 0.717) is 9.90 Å². The number of thiophene rings is 1. The summed E-state index contributed by atoms with van der Waals surface area (Å²) in [6.07, 6.45) is 0. The fraction of sp³-hybridized carbons (Fsp3) is 0.231. The van der Waals surface area contributed by atoms with Gasteiger partial charge in [0.1, 0.15) is 4.21 Å². The molecule has 0 radical (unpaired) electrons. The maximum absolute atomic E-state index is 12.1. The van der Waals surface area contributed by atoms with Gasteiger partial charge in [-0.3, -0.25) is 4.72 Å². The van der Waals surface area contributed by atoms with Crippen LogP contribution in [-0.4, -0.2) is 8.42 Å². The van der Waals surface area contributed by atoms with Crippen molar-refractivity contribution in [1.82, 2.24) is 0 Å². The molecule has 0 amide bonds. The molecule has 0 saturated carbocycles. The summed E-state index contributed by atoms with van der Waals surface area (Å²) in [6, 6.07) is 8.96. The molecule has 0 saturated heterocycles. The van der Waals surface area contributed by atoms with E-state index in [-0.39, 0.29) is 0 Å². The van der Waals surface area contributed by atoms with Gasteiger partial charge in [-0.15, -0.1) is 11.3 Å². The molecule has 0 bridgehead atoms. The van der Waals surface area contributed by atoms with Crippen molar-refractivity contribution in [2.24, 2.45) is 0 Å². The lowest BCUT2D eigenvalue weighted by Gasteiger charge is -2.08. The first-order valence-corrected chi connectivity index (χ1v) is 7.85. The van der Waals surface area contributed by atoms with Gasteiger partial charge in [-0.05, 0) is 56.2 Å². The Bertz CT molecular complexity index is 672. The third-order valence-electron chi connectivity index (χ3n) is 2.74. The molecule has 1 N–H and O–H groups in total. The highest BCUT2D eigenvalue weighted by molar-refractivity contribution is 7.94. The first-order valence-electron chi connectivity index (χ1n) is 5.55. The Balaban J connectivity index is 2.30. The SMILES string of the molecule is Cc1ccc(S(=O)(=O)Nc2ccc(C)c(C)c2)s1. The fourth-order valence-corrected chi connectivity index (χ4v) is 3.90. The average Bonchev–Trinajstić information content (AvgIpc) is 2.71. The second kappa shape index (κ2) is 4.74. The quantitative estimate of drug-likeness (QED) is 0.936. The molecule has 0 aliphatic rings. The van der Waals surface area contributed by atoms with Crippen LogP contribution in [0.15, 0.2) is 34.5 Å². The Kier molecular flexibility index (Phi) is 3.45. The molecule has 1 aromatic carbocycles. The maximum Gasteiger partial charge on any atom is 0.271 e. The van der Waals surface area contributed by atoms with Crippen LogP contribution in [0, 0.1) is 20.8 Å². The zero-order valence-corrected chi connectivity index (χ0v) is 12.2. The highest BCUT2D eigenvalue weighted by atomic mass is 32.2. The van der Waals surface area contributed by atoms with Crippen molar-refractivity contribution in [1.29, 1.82) is 0 Å². The minimum absolute atomic E-state index is 0.346. The van der Waals surface area contributed by atoms with Crippen LogP contribution >= 0.6 is 11.3 Å². The molecule has 0 spiro atoms. The zero-order chi connectivity index (χ0) is 13.3. The predicted molar refractivity (Wildman–Crippen MR) is 75.8 cm³/mol. The number of hydrogen-bond acceptors (Lipinski definition) is 3. The van der Waals surface area contributed by atoms with Crippen LogP contribution in [0.1, 0.15) is 16.0 Å². The standard InChI is InChI=1S/C13H15NO2S2/c1-9-4-6-12(8-10(9)2)14-18(15,16)13-7-5-11(3)17-13/h4-8,14H,1-3H3. The fourth-order valence-electron chi connectivity index (χ4n) is 1.57. The minimum atomic E-state index is -3.45. The number of hydrogen-bond donors (Lipinski definition) is 1. The average molecular weight is 281 g/mol. The summed E-state index contributed by atoms with van der Waals surface area (Å²) in [5.41, 5.74) is 2.81. The van der Waals surface area contributed by atoms with E-state index in [2.05, 4.69) is 4.72 Å². The van der Waals surface area contributed by atoms with Crippen LogP contribution in [0.25, 0.3) is 0 Å². The molecule has 1 aromatic heterocycles. The van der Waals surface area contributed by atoms with Crippen molar-refractivity contribution in [3.63, 3.8) is 0 Å². The van der Waals surface area contributed by atoms with E-state index in [0.717, 1.165) is 16.0 Å². The maximum atomic E-state index is 12.1. The van der Waals surface area contributed by atoms with E-state index in [1.54, 1.807) is 18.2 Å². The lowest BCUT2D eigenvalue weighted by Crippen LogP contribution is -2.11. The predicted octanol–water partition coefficient (Wildman–Crippen LogP) is 3.47. The molecule has 1 heterocycles. The molecule has 0 aliphatic heterocycles. The summed E-state index contributed by atoms with van der Waals surface area (Å²) in [4.78, 5) is 0.982. The van der Waals surface area contributed by atoms with Crippen LogP contribution in [-0.2, 0) is 10.0 Å². The summed E-state index contributed by atoms with van der Waals surface area (Å²) in [5, 5.41) is 0. The molecule has 5 heteroatoms. The first-order chi connectivity index (χ1) is 8.38. The Morgan fingerprint density at radius 1 is 1.00 bits per heavy atom. The van der Waals surface area contributed by atoms with Gasteiger partial charge in [-0.2, -0.15) is 0 Å². The second-order valence-electron chi connectivity index (χ2n) is 4.27. The molecule has 3 nitrogen and oxygen atoms in total. The van der Waals surface area contributed by atoms with Gasteiger partial charge in [-0.25, -0.2) is 8.42 Å². The van der Waals surface area contributed by atoms with Gasteiger partial charge in [-0.1, -0.05) is 6.07 Å². The largest absolute Gasteiger partial charge is 0.279 e. The monoisotopic (exact) mass is 281 g/mol. The zero-order valence-electron chi connectivity index (χ0n) is 10.5. The van der Waals surface area contributed by atoms with Gasteiger partial charge >= 0.3 is 0 Å². The molecule has 0 aliphatic carbocycles. The van der Waals surface area contributed by atoms with E-state index in [9.17, 15) is 8.42 Å². The molecule has 0 fully saturated rings. The third-order valence-corrected chi connectivity index (χ3v) is 5.61. The van der Waals surface area contributed by atoms with Crippen molar-refractivity contribution in [2.75, 3.05) is 4.72 Å². The topological polar surface area (TPSA) is 46.2 Å². The van der Waals surface area contributed by atoms with Crippen molar-refractivity contribution in [3.8, 4) is 0 Å². The number of benzene rings is 1. The Hall–Kier alpha value is -1.33. The van der Waals surface area contributed by atoms with Crippen LogP contribution in [0.4, 0.5) is 5.69 Å². The van der Waals surface area contributed by atoms with Gasteiger partial charge < -0.3 is 0 Å². The van der Waals surface area contributed by atoms with Crippen LogP contribution < -0.4 is 4.72 Å². The lowest BCUT2D eigenvalue weighted by molar-refractivity contribution is 0.603. The smallest absolute Gasteiger partial charge is 0.271 e. The van der Waals surface area contributed by atoms with E-state index in [4.69, 9.17) is 0 Å². The van der Waals surface area contributed by atoms with E-state index in [1.165, 1.54) is 11.3 Å². The molecule has 18 heavy (non-hydrogen) atoms.